The van der Waals surface area contributed by atoms with Crippen LogP contribution in [0.5, 0.6) is 0 Å². The van der Waals surface area contributed by atoms with Gasteiger partial charge in [0.05, 0.1) is 12.7 Å². The van der Waals surface area contributed by atoms with Crippen molar-refractivity contribution in [3.05, 3.63) is 71.0 Å². The Morgan fingerprint density at radius 2 is 1.85 bits per heavy atom. The quantitative estimate of drug-likeness (QED) is 0.770. The molecule has 0 N–H and O–H groups in total. The average molecular weight is 371 g/mol. The molecule has 0 unspecified atom stereocenters. The molecule has 7 heteroatoms. The number of carbonyl (C=O) groups excluding carboxylic acids is 3. The van der Waals surface area contributed by atoms with Crippen molar-refractivity contribution in [3.63, 3.8) is 0 Å². The van der Waals surface area contributed by atoms with Gasteiger partial charge >= 0.3 is 11.9 Å². The summed E-state index contributed by atoms with van der Waals surface area (Å²) >= 11 is 0. The standard InChI is InChI=1S/C20H18FNO5/c1-26-20(25)17-10-13-5-2-3-6-15(13)11-22(17)18(23)12-27-19(24)14-7-4-8-16(21)9-14/h2-9,17H,10-12H2,1H3/t17-/m0/s1. The van der Waals surface area contributed by atoms with Gasteiger partial charge in [0, 0.05) is 13.0 Å². The third kappa shape index (κ3) is 4.13. The fourth-order valence-corrected chi connectivity index (χ4v) is 3.04. The minimum atomic E-state index is -0.810. The van der Waals surface area contributed by atoms with E-state index in [9.17, 15) is 18.8 Å². The van der Waals surface area contributed by atoms with E-state index in [0.717, 1.165) is 17.2 Å². The lowest BCUT2D eigenvalue weighted by molar-refractivity contribution is -0.155. The molecule has 1 atom stereocenters. The molecule has 0 aliphatic carbocycles. The first-order valence-corrected chi connectivity index (χ1v) is 8.36. The number of hydrogen-bond donors (Lipinski definition) is 0. The molecule has 0 radical (unpaired) electrons. The van der Waals surface area contributed by atoms with E-state index in [1.807, 2.05) is 24.3 Å². The molecule has 6 nitrogen and oxygen atoms in total. The van der Waals surface area contributed by atoms with Crippen LogP contribution in [-0.4, -0.2) is 42.5 Å². The smallest absolute Gasteiger partial charge is 0.338 e. The number of rotatable bonds is 4. The van der Waals surface area contributed by atoms with E-state index in [2.05, 4.69) is 0 Å². The van der Waals surface area contributed by atoms with Gasteiger partial charge in [0.15, 0.2) is 6.61 Å². The summed E-state index contributed by atoms with van der Waals surface area (Å²) in [5.74, 6) is -2.44. The minimum absolute atomic E-state index is 0.0105. The molecule has 0 spiro atoms. The van der Waals surface area contributed by atoms with Crippen molar-refractivity contribution in [2.45, 2.75) is 19.0 Å². The SMILES string of the molecule is COC(=O)[C@@H]1Cc2ccccc2CN1C(=O)COC(=O)c1cccc(F)c1. The zero-order chi connectivity index (χ0) is 19.4. The zero-order valence-corrected chi connectivity index (χ0v) is 14.7. The molecule has 1 heterocycles. The highest BCUT2D eigenvalue weighted by Gasteiger charge is 2.35. The first-order chi connectivity index (χ1) is 13.0. The van der Waals surface area contributed by atoms with Crippen molar-refractivity contribution in [2.24, 2.45) is 0 Å². The molecule has 2 aromatic rings. The molecule has 1 aliphatic heterocycles. The minimum Gasteiger partial charge on any atom is -0.467 e. The third-order valence-electron chi connectivity index (χ3n) is 4.43. The number of nitrogens with zero attached hydrogens (tertiary/aromatic N) is 1. The molecule has 0 saturated carbocycles. The van der Waals surface area contributed by atoms with Gasteiger partial charge in [-0.1, -0.05) is 30.3 Å². The van der Waals surface area contributed by atoms with Crippen LogP contribution in [0.3, 0.4) is 0 Å². The number of carbonyl (C=O) groups is 3. The number of halogens is 1. The highest BCUT2D eigenvalue weighted by molar-refractivity contribution is 5.92. The Morgan fingerprint density at radius 1 is 1.11 bits per heavy atom. The monoisotopic (exact) mass is 371 g/mol. The average Bonchev–Trinajstić information content (AvgIpc) is 2.70. The Kier molecular flexibility index (Phi) is 5.49. The normalized spacial score (nSPS) is 15.6. The van der Waals surface area contributed by atoms with Gasteiger partial charge in [-0.2, -0.15) is 0 Å². The fraction of sp³-hybridized carbons (Fsp3) is 0.250. The lowest BCUT2D eigenvalue weighted by Gasteiger charge is -2.35. The first-order valence-electron chi connectivity index (χ1n) is 8.36. The second-order valence-electron chi connectivity index (χ2n) is 6.12. The highest BCUT2D eigenvalue weighted by atomic mass is 19.1. The molecule has 2 aromatic carbocycles. The van der Waals surface area contributed by atoms with E-state index in [4.69, 9.17) is 9.47 Å². The van der Waals surface area contributed by atoms with Gasteiger partial charge in [-0.3, -0.25) is 4.79 Å². The van der Waals surface area contributed by atoms with Gasteiger partial charge in [-0.25, -0.2) is 14.0 Å². The molecule has 1 aliphatic rings. The number of amides is 1. The van der Waals surface area contributed by atoms with Crippen LogP contribution in [0.4, 0.5) is 4.39 Å². The van der Waals surface area contributed by atoms with E-state index >= 15 is 0 Å². The molecule has 27 heavy (non-hydrogen) atoms. The highest BCUT2D eigenvalue weighted by Crippen LogP contribution is 2.24. The molecule has 1 amide bonds. The van der Waals surface area contributed by atoms with Crippen LogP contribution in [0.25, 0.3) is 0 Å². The lowest BCUT2D eigenvalue weighted by atomic mass is 9.94. The van der Waals surface area contributed by atoms with Crippen LogP contribution in [-0.2, 0) is 32.0 Å². The summed E-state index contributed by atoms with van der Waals surface area (Å²) in [5.41, 5.74) is 1.90. The Bertz CT molecular complexity index is 882. The number of ether oxygens (including phenoxy) is 2. The second-order valence-corrected chi connectivity index (χ2v) is 6.12. The second kappa shape index (κ2) is 7.99. The summed E-state index contributed by atoms with van der Waals surface area (Å²) in [6.45, 7) is -0.336. The van der Waals surface area contributed by atoms with E-state index in [1.165, 1.54) is 30.2 Å². The van der Waals surface area contributed by atoms with Crippen LogP contribution in [0, 0.1) is 5.82 Å². The van der Waals surface area contributed by atoms with Crippen LogP contribution >= 0.6 is 0 Å². The largest absolute Gasteiger partial charge is 0.467 e. The first kappa shape index (κ1) is 18.6. The number of methoxy groups -OCH3 is 1. The topological polar surface area (TPSA) is 72.9 Å². The summed E-state index contributed by atoms with van der Waals surface area (Å²) in [4.78, 5) is 38.1. The van der Waals surface area contributed by atoms with Gasteiger partial charge < -0.3 is 14.4 Å². The van der Waals surface area contributed by atoms with Crippen LogP contribution in [0.1, 0.15) is 21.5 Å². The molecule has 3 rings (SSSR count). The maximum absolute atomic E-state index is 13.2. The zero-order valence-electron chi connectivity index (χ0n) is 14.7. The Labute approximate surface area is 155 Å². The van der Waals surface area contributed by atoms with Gasteiger partial charge in [-0.15, -0.1) is 0 Å². The van der Waals surface area contributed by atoms with Gasteiger partial charge in [0.1, 0.15) is 11.9 Å². The Balaban J connectivity index is 1.72. The van der Waals surface area contributed by atoms with Crippen LogP contribution in [0.15, 0.2) is 48.5 Å². The van der Waals surface area contributed by atoms with Crippen LogP contribution in [0.2, 0.25) is 0 Å². The summed E-state index contributed by atoms with van der Waals surface area (Å²) in [6, 6.07) is 11.7. The number of hydrogen-bond acceptors (Lipinski definition) is 5. The molecular formula is C20H18FNO5. The third-order valence-corrected chi connectivity index (χ3v) is 4.43. The number of fused-ring (bicyclic) bond motifs is 1. The van der Waals surface area contributed by atoms with E-state index < -0.39 is 36.3 Å². The fourth-order valence-electron chi connectivity index (χ4n) is 3.04. The number of benzene rings is 2. The van der Waals surface area contributed by atoms with E-state index in [1.54, 1.807) is 0 Å². The predicted octanol–water partition coefficient (Wildman–Crippen LogP) is 2.11. The predicted molar refractivity (Wildman–Crippen MR) is 93.2 cm³/mol. The summed E-state index contributed by atoms with van der Waals surface area (Å²) in [5, 5.41) is 0. The molecular weight excluding hydrogens is 353 g/mol. The van der Waals surface area contributed by atoms with Crippen molar-refractivity contribution in [2.75, 3.05) is 13.7 Å². The molecule has 0 fully saturated rings. The van der Waals surface area contributed by atoms with Crippen LogP contribution < -0.4 is 0 Å². The Morgan fingerprint density at radius 3 is 2.56 bits per heavy atom. The van der Waals surface area contributed by atoms with Crippen molar-refractivity contribution < 1.29 is 28.2 Å². The van der Waals surface area contributed by atoms with Gasteiger partial charge in [0.2, 0.25) is 0 Å². The summed E-state index contributed by atoms with van der Waals surface area (Å²) < 4.78 is 23.0. The van der Waals surface area contributed by atoms with E-state index in [-0.39, 0.29) is 12.1 Å². The summed E-state index contributed by atoms with van der Waals surface area (Å²) in [6.07, 6.45) is 0.326. The Hall–Kier alpha value is -3.22. The van der Waals surface area contributed by atoms with Crippen molar-refractivity contribution in [3.8, 4) is 0 Å². The number of esters is 2. The van der Waals surface area contributed by atoms with Crippen molar-refractivity contribution in [1.82, 2.24) is 4.90 Å². The van der Waals surface area contributed by atoms with Gasteiger partial charge in [-0.05, 0) is 29.3 Å². The van der Waals surface area contributed by atoms with Crippen molar-refractivity contribution >= 4 is 17.8 Å². The van der Waals surface area contributed by atoms with E-state index in [0.29, 0.717) is 6.42 Å². The maximum atomic E-state index is 13.2. The molecule has 0 saturated heterocycles. The molecule has 140 valence electrons. The van der Waals surface area contributed by atoms with Crippen molar-refractivity contribution in [1.29, 1.82) is 0 Å². The maximum Gasteiger partial charge on any atom is 0.338 e. The molecule has 0 bridgehead atoms. The summed E-state index contributed by atoms with van der Waals surface area (Å²) in [7, 11) is 1.26. The lowest BCUT2D eigenvalue weighted by Crippen LogP contribution is -2.50. The molecule has 0 aromatic heterocycles. The van der Waals surface area contributed by atoms with Gasteiger partial charge in [0.25, 0.3) is 5.91 Å².